The number of rotatable bonds is 6. The maximum atomic E-state index is 12.7. The molecule has 0 bridgehead atoms. The molecule has 0 radical (unpaired) electrons. The number of likely N-dealkylation sites (tertiary alicyclic amines) is 1. The molecule has 0 spiro atoms. The first kappa shape index (κ1) is 21.2. The average molecular weight is 431 g/mol. The van der Waals surface area contributed by atoms with Crippen molar-refractivity contribution < 1.29 is 9.59 Å². The van der Waals surface area contributed by atoms with Crippen LogP contribution in [-0.4, -0.2) is 23.3 Å². The number of nitrogens with zero attached hydrogens (tertiary/aromatic N) is 1. The lowest BCUT2D eigenvalue weighted by Crippen LogP contribution is -2.24. The van der Waals surface area contributed by atoms with Gasteiger partial charge in [-0.2, -0.15) is 0 Å². The van der Waals surface area contributed by atoms with Crippen LogP contribution in [0.2, 0.25) is 0 Å². The average Bonchev–Trinajstić information content (AvgIpc) is 3.16. The summed E-state index contributed by atoms with van der Waals surface area (Å²) in [6.45, 7) is 5.57. The third-order valence-electron chi connectivity index (χ3n) is 5.42. The van der Waals surface area contributed by atoms with Crippen LogP contribution in [0.3, 0.4) is 0 Å². The largest absolute Gasteiger partial charge is 0.338 e. The number of carbonyl (C=O) groups excluding carboxylic acids is 2. The molecule has 158 valence electrons. The van der Waals surface area contributed by atoms with E-state index < -0.39 is 0 Å². The Kier molecular flexibility index (Phi) is 6.42. The molecule has 3 aromatic rings. The van der Waals surface area contributed by atoms with Crippen LogP contribution in [0.25, 0.3) is 0 Å². The number of benzene rings is 3. The van der Waals surface area contributed by atoms with Crippen molar-refractivity contribution in [3.05, 3.63) is 89.0 Å². The molecule has 0 unspecified atom stereocenters. The molecule has 0 atom stereocenters. The maximum absolute atomic E-state index is 12.7. The van der Waals surface area contributed by atoms with Crippen molar-refractivity contribution in [3.8, 4) is 0 Å². The van der Waals surface area contributed by atoms with Crippen molar-refractivity contribution in [1.29, 1.82) is 0 Å². The van der Waals surface area contributed by atoms with Crippen LogP contribution in [0.15, 0.2) is 76.5 Å². The Morgan fingerprint density at radius 2 is 1.84 bits per heavy atom. The van der Waals surface area contributed by atoms with E-state index in [4.69, 9.17) is 0 Å². The van der Waals surface area contributed by atoms with Gasteiger partial charge >= 0.3 is 0 Å². The smallest absolute Gasteiger partial charge is 0.255 e. The van der Waals surface area contributed by atoms with Gasteiger partial charge in [0.05, 0.1) is 0 Å². The van der Waals surface area contributed by atoms with Crippen LogP contribution < -0.4 is 5.32 Å². The van der Waals surface area contributed by atoms with Gasteiger partial charge in [-0.1, -0.05) is 36.0 Å². The predicted molar refractivity (Wildman–Crippen MR) is 126 cm³/mol. The molecule has 1 aliphatic heterocycles. The van der Waals surface area contributed by atoms with Crippen molar-refractivity contribution in [3.63, 3.8) is 0 Å². The van der Waals surface area contributed by atoms with Crippen LogP contribution >= 0.6 is 11.8 Å². The number of anilines is 1. The zero-order valence-corrected chi connectivity index (χ0v) is 18.7. The van der Waals surface area contributed by atoms with E-state index >= 15 is 0 Å². The molecule has 5 heteroatoms. The van der Waals surface area contributed by atoms with E-state index in [2.05, 4.69) is 37.4 Å². The molecule has 0 aliphatic carbocycles. The van der Waals surface area contributed by atoms with Crippen LogP contribution in [0.5, 0.6) is 0 Å². The molecule has 1 heterocycles. The fourth-order valence-corrected chi connectivity index (χ4v) is 4.66. The summed E-state index contributed by atoms with van der Waals surface area (Å²) in [6, 6.07) is 21.9. The first-order chi connectivity index (χ1) is 15.0. The molecule has 2 amide bonds. The Morgan fingerprint density at radius 3 is 2.58 bits per heavy atom. The molecule has 3 aromatic carbocycles. The van der Waals surface area contributed by atoms with Gasteiger partial charge in [0.25, 0.3) is 5.91 Å². The van der Waals surface area contributed by atoms with E-state index in [0.29, 0.717) is 18.5 Å². The summed E-state index contributed by atoms with van der Waals surface area (Å²) in [5, 5.41) is 2.97. The Morgan fingerprint density at radius 1 is 1.03 bits per heavy atom. The fraction of sp³-hybridized carbons (Fsp3) is 0.231. The molecule has 0 saturated carbocycles. The van der Waals surface area contributed by atoms with E-state index in [-0.39, 0.29) is 11.8 Å². The molecular formula is C26H26N2O2S. The summed E-state index contributed by atoms with van der Waals surface area (Å²) in [5.74, 6) is 0.0400. The van der Waals surface area contributed by atoms with E-state index in [0.717, 1.165) is 29.1 Å². The zero-order valence-electron chi connectivity index (χ0n) is 17.9. The Bertz CT molecular complexity index is 1110. The molecule has 1 saturated heterocycles. The van der Waals surface area contributed by atoms with Gasteiger partial charge in [0, 0.05) is 40.6 Å². The Labute approximate surface area is 187 Å². The Balaban J connectivity index is 1.40. The number of nitrogens with one attached hydrogen (secondary N) is 1. The topological polar surface area (TPSA) is 49.4 Å². The molecule has 4 nitrogen and oxygen atoms in total. The number of hydrogen-bond acceptors (Lipinski definition) is 3. The number of amides is 2. The first-order valence-electron chi connectivity index (χ1n) is 10.5. The summed E-state index contributed by atoms with van der Waals surface area (Å²) in [6.07, 6.45) is 1.54. The second-order valence-corrected chi connectivity index (χ2v) is 9.08. The highest BCUT2D eigenvalue weighted by Gasteiger charge is 2.20. The molecule has 31 heavy (non-hydrogen) atoms. The van der Waals surface area contributed by atoms with Gasteiger partial charge in [-0.3, -0.25) is 9.59 Å². The summed E-state index contributed by atoms with van der Waals surface area (Å²) in [7, 11) is 0. The fourth-order valence-electron chi connectivity index (χ4n) is 3.66. The van der Waals surface area contributed by atoms with Crippen LogP contribution in [0.1, 0.15) is 39.9 Å². The van der Waals surface area contributed by atoms with Gasteiger partial charge in [-0.15, -0.1) is 0 Å². The summed E-state index contributed by atoms with van der Waals surface area (Å²) >= 11 is 1.72. The number of aryl methyl sites for hydroxylation is 2. The highest BCUT2D eigenvalue weighted by Crippen LogP contribution is 2.31. The molecule has 1 N–H and O–H groups in total. The zero-order chi connectivity index (χ0) is 21.8. The molecule has 0 aromatic heterocycles. The lowest BCUT2D eigenvalue weighted by molar-refractivity contribution is -0.128. The second-order valence-electron chi connectivity index (χ2n) is 7.97. The van der Waals surface area contributed by atoms with Gasteiger partial charge < -0.3 is 10.2 Å². The molecule has 4 rings (SSSR count). The molecular weight excluding hydrogens is 404 g/mol. The monoisotopic (exact) mass is 430 g/mol. The van der Waals surface area contributed by atoms with E-state index in [1.165, 1.54) is 16.0 Å². The number of hydrogen-bond donors (Lipinski definition) is 1. The highest BCUT2D eigenvalue weighted by molar-refractivity contribution is 7.99. The SMILES string of the molecule is Cc1ccc(C)c(Sc2ccc(NC(=O)c3cccc(CN4CCCC4=O)c3)cc2)c1. The minimum absolute atomic E-state index is 0.149. The minimum Gasteiger partial charge on any atom is -0.338 e. The van der Waals surface area contributed by atoms with E-state index in [9.17, 15) is 9.59 Å². The summed E-state index contributed by atoms with van der Waals surface area (Å²) in [5.41, 5.74) is 4.83. The molecule has 1 aliphatic rings. The van der Waals surface area contributed by atoms with Gasteiger partial charge in [0.15, 0.2) is 0 Å². The van der Waals surface area contributed by atoms with Crippen LogP contribution in [0.4, 0.5) is 5.69 Å². The van der Waals surface area contributed by atoms with E-state index in [1.807, 2.05) is 47.4 Å². The summed E-state index contributed by atoms with van der Waals surface area (Å²) in [4.78, 5) is 28.8. The first-order valence-corrected chi connectivity index (χ1v) is 11.3. The van der Waals surface area contributed by atoms with Crippen molar-refractivity contribution in [2.45, 2.75) is 43.0 Å². The van der Waals surface area contributed by atoms with Crippen molar-refractivity contribution >= 4 is 29.3 Å². The van der Waals surface area contributed by atoms with Gasteiger partial charge in [0.1, 0.15) is 0 Å². The maximum Gasteiger partial charge on any atom is 0.255 e. The van der Waals surface area contributed by atoms with Crippen LogP contribution in [-0.2, 0) is 11.3 Å². The highest BCUT2D eigenvalue weighted by atomic mass is 32.2. The van der Waals surface area contributed by atoms with Gasteiger partial charge in [-0.25, -0.2) is 0 Å². The third-order valence-corrected chi connectivity index (χ3v) is 6.59. The minimum atomic E-state index is -0.149. The third kappa shape index (κ3) is 5.36. The van der Waals surface area contributed by atoms with Gasteiger partial charge in [-0.05, 0) is 79.4 Å². The van der Waals surface area contributed by atoms with Crippen LogP contribution in [0, 0.1) is 13.8 Å². The number of carbonyl (C=O) groups is 2. The van der Waals surface area contributed by atoms with Crippen molar-refractivity contribution in [2.75, 3.05) is 11.9 Å². The van der Waals surface area contributed by atoms with E-state index in [1.54, 1.807) is 17.8 Å². The lowest BCUT2D eigenvalue weighted by Gasteiger charge is -2.16. The van der Waals surface area contributed by atoms with Gasteiger partial charge in [0.2, 0.25) is 5.91 Å². The molecule has 1 fully saturated rings. The quantitative estimate of drug-likeness (QED) is 0.535. The Hall–Kier alpha value is -3.05. The second kappa shape index (κ2) is 9.40. The normalized spacial score (nSPS) is 13.5. The lowest BCUT2D eigenvalue weighted by atomic mass is 10.1. The standard InChI is InChI=1S/C26H26N2O2S/c1-18-8-9-19(2)24(15-18)31-23-12-10-22(11-13-23)27-26(30)21-6-3-5-20(16-21)17-28-14-4-7-25(28)29/h3,5-6,8-13,15-16H,4,7,14,17H2,1-2H3,(H,27,30). The summed E-state index contributed by atoms with van der Waals surface area (Å²) < 4.78 is 0. The van der Waals surface area contributed by atoms with Crippen molar-refractivity contribution in [2.24, 2.45) is 0 Å². The predicted octanol–water partition coefficient (Wildman–Crippen LogP) is 5.83. The van der Waals surface area contributed by atoms with Crippen molar-refractivity contribution in [1.82, 2.24) is 4.90 Å².